The molecule has 3 nitrogen and oxygen atoms in total. The van der Waals surface area contributed by atoms with E-state index in [1.54, 1.807) is 11.9 Å². The fourth-order valence-electron chi connectivity index (χ4n) is 1.58. The summed E-state index contributed by atoms with van der Waals surface area (Å²) >= 11 is 5.84. The van der Waals surface area contributed by atoms with E-state index in [4.69, 9.17) is 11.6 Å². The average Bonchev–Trinajstić information content (AvgIpc) is 2.36. The zero-order valence-electron chi connectivity index (χ0n) is 10.7. The van der Waals surface area contributed by atoms with Crippen molar-refractivity contribution in [3.63, 3.8) is 0 Å². The van der Waals surface area contributed by atoms with Crippen LogP contribution >= 0.6 is 11.6 Å². The molecule has 2 atom stereocenters. The molecule has 0 fully saturated rings. The number of benzene rings is 1. The van der Waals surface area contributed by atoms with Crippen molar-refractivity contribution in [1.82, 2.24) is 10.2 Å². The van der Waals surface area contributed by atoms with Gasteiger partial charge in [-0.15, -0.1) is 0 Å². The van der Waals surface area contributed by atoms with Gasteiger partial charge in [-0.25, -0.2) is 0 Å². The Morgan fingerprint density at radius 1 is 1.29 bits per heavy atom. The minimum Gasteiger partial charge on any atom is -0.338 e. The molecule has 0 spiro atoms. The van der Waals surface area contributed by atoms with Crippen molar-refractivity contribution in [2.75, 3.05) is 14.1 Å². The summed E-state index contributed by atoms with van der Waals surface area (Å²) in [5.74, 6) is 0.0787. The Balaban J connectivity index is 2.79. The molecule has 1 aromatic carbocycles. The molecule has 1 rings (SSSR count). The first-order chi connectivity index (χ1) is 7.97. The molecule has 2 unspecified atom stereocenters. The molecule has 0 saturated heterocycles. The smallest absolute Gasteiger partial charge is 0.239 e. The molecule has 0 aliphatic rings. The Hall–Kier alpha value is -1.06. The highest BCUT2D eigenvalue weighted by atomic mass is 35.5. The second kappa shape index (κ2) is 6.03. The maximum absolute atomic E-state index is 12.0. The highest BCUT2D eigenvalue weighted by Crippen LogP contribution is 2.21. The van der Waals surface area contributed by atoms with E-state index in [0.29, 0.717) is 5.02 Å². The number of carbonyl (C=O) groups is 1. The Morgan fingerprint density at radius 3 is 2.29 bits per heavy atom. The predicted molar refractivity (Wildman–Crippen MR) is 71.2 cm³/mol. The highest BCUT2D eigenvalue weighted by Gasteiger charge is 2.21. The van der Waals surface area contributed by atoms with Gasteiger partial charge in [-0.05, 0) is 38.6 Å². The van der Waals surface area contributed by atoms with E-state index < -0.39 is 0 Å². The lowest BCUT2D eigenvalue weighted by molar-refractivity contribution is -0.133. The standard InChI is InChI=1S/C13H19ClN2O/c1-9(15-3)13(17)16(4)10(2)11-5-7-12(14)8-6-11/h5-10,15H,1-4H3. The van der Waals surface area contributed by atoms with Crippen molar-refractivity contribution < 1.29 is 4.79 Å². The third-order valence-corrected chi connectivity index (χ3v) is 3.34. The summed E-state index contributed by atoms with van der Waals surface area (Å²) in [6, 6.07) is 7.44. The largest absolute Gasteiger partial charge is 0.338 e. The number of likely N-dealkylation sites (N-methyl/N-ethyl adjacent to an activating group) is 2. The number of carbonyl (C=O) groups excluding carboxylic acids is 1. The van der Waals surface area contributed by atoms with Crippen LogP contribution in [-0.2, 0) is 4.79 Å². The van der Waals surface area contributed by atoms with Crippen LogP contribution in [0.1, 0.15) is 25.5 Å². The van der Waals surface area contributed by atoms with Gasteiger partial charge >= 0.3 is 0 Å². The molecular weight excluding hydrogens is 236 g/mol. The first kappa shape index (κ1) is 14.0. The van der Waals surface area contributed by atoms with Gasteiger partial charge in [-0.1, -0.05) is 23.7 Å². The maximum atomic E-state index is 12.0. The number of hydrogen-bond donors (Lipinski definition) is 1. The molecule has 1 N–H and O–H groups in total. The SMILES string of the molecule is CNC(C)C(=O)N(C)C(C)c1ccc(Cl)cc1. The van der Waals surface area contributed by atoms with Crippen molar-refractivity contribution in [3.8, 4) is 0 Å². The quantitative estimate of drug-likeness (QED) is 0.895. The highest BCUT2D eigenvalue weighted by molar-refractivity contribution is 6.30. The van der Waals surface area contributed by atoms with Gasteiger partial charge in [0.25, 0.3) is 0 Å². The van der Waals surface area contributed by atoms with Crippen molar-refractivity contribution in [1.29, 1.82) is 0 Å². The lowest BCUT2D eigenvalue weighted by atomic mass is 10.1. The van der Waals surface area contributed by atoms with Gasteiger partial charge in [0, 0.05) is 12.1 Å². The van der Waals surface area contributed by atoms with Gasteiger partial charge in [0.05, 0.1) is 12.1 Å². The fraction of sp³-hybridized carbons (Fsp3) is 0.462. The van der Waals surface area contributed by atoms with E-state index in [1.165, 1.54) is 0 Å². The number of nitrogens with one attached hydrogen (secondary N) is 1. The van der Waals surface area contributed by atoms with Gasteiger partial charge in [-0.2, -0.15) is 0 Å². The Kier molecular flexibility index (Phi) is 4.97. The second-order valence-corrected chi connectivity index (χ2v) is 4.62. The number of halogens is 1. The molecule has 0 heterocycles. The third-order valence-electron chi connectivity index (χ3n) is 3.08. The van der Waals surface area contributed by atoms with Crippen LogP contribution in [0.3, 0.4) is 0 Å². The summed E-state index contributed by atoms with van der Waals surface area (Å²) in [6.07, 6.45) is 0. The molecule has 0 aliphatic carbocycles. The molecule has 94 valence electrons. The van der Waals surface area contributed by atoms with Gasteiger partial charge in [0.15, 0.2) is 0 Å². The fourth-order valence-corrected chi connectivity index (χ4v) is 1.71. The zero-order chi connectivity index (χ0) is 13.0. The van der Waals surface area contributed by atoms with E-state index in [9.17, 15) is 4.79 Å². The predicted octanol–water partition coefficient (Wildman–Crippen LogP) is 2.47. The Bertz CT molecular complexity index is 378. The molecule has 0 radical (unpaired) electrons. The van der Waals surface area contributed by atoms with E-state index >= 15 is 0 Å². The van der Waals surface area contributed by atoms with Gasteiger partial charge in [-0.3, -0.25) is 4.79 Å². The number of rotatable bonds is 4. The second-order valence-electron chi connectivity index (χ2n) is 4.19. The molecule has 1 amide bonds. The van der Waals surface area contributed by atoms with Crippen LogP contribution < -0.4 is 5.32 Å². The van der Waals surface area contributed by atoms with E-state index in [1.807, 2.05) is 45.2 Å². The van der Waals surface area contributed by atoms with Crippen LogP contribution in [0.15, 0.2) is 24.3 Å². The molecule has 0 bridgehead atoms. The molecule has 0 aliphatic heterocycles. The van der Waals surface area contributed by atoms with Crippen LogP contribution in [0, 0.1) is 0 Å². The van der Waals surface area contributed by atoms with Gasteiger partial charge < -0.3 is 10.2 Å². The van der Waals surface area contributed by atoms with Crippen LogP contribution in [0.2, 0.25) is 5.02 Å². The van der Waals surface area contributed by atoms with Crippen LogP contribution in [-0.4, -0.2) is 30.9 Å². The van der Waals surface area contributed by atoms with Gasteiger partial charge in [0.1, 0.15) is 0 Å². The van der Waals surface area contributed by atoms with E-state index in [0.717, 1.165) is 5.56 Å². The summed E-state index contributed by atoms with van der Waals surface area (Å²) in [5.41, 5.74) is 1.08. The monoisotopic (exact) mass is 254 g/mol. The van der Waals surface area contributed by atoms with Crippen molar-refractivity contribution >= 4 is 17.5 Å². The maximum Gasteiger partial charge on any atom is 0.239 e. The topological polar surface area (TPSA) is 32.3 Å². The first-order valence-electron chi connectivity index (χ1n) is 5.66. The number of nitrogens with zero attached hydrogens (tertiary/aromatic N) is 1. The lowest BCUT2D eigenvalue weighted by Gasteiger charge is -2.28. The minimum atomic E-state index is -0.172. The molecule has 0 saturated carbocycles. The minimum absolute atomic E-state index is 0.0376. The van der Waals surface area contributed by atoms with Crippen molar-refractivity contribution in [3.05, 3.63) is 34.9 Å². The summed E-state index contributed by atoms with van der Waals surface area (Å²) in [7, 11) is 3.60. The number of hydrogen-bond acceptors (Lipinski definition) is 2. The molecule has 1 aromatic rings. The van der Waals surface area contributed by atoms with Gasteiger partial charge in [0.2, 0.25) is 5.91 Å². The van der Waals surface area contributed by atoms with Crippen LogP contribution in [0.5, 0.6) is 0 Å². The molecule has 17 heavy (non-hydrogen) atoms. The molecule has 4 heteroatoms. The van der Waals surface area contributed by atoms with E-state index in [-0.39, 0.29) is 18.0 Å². The lowest BCUT2D eigenvalue weighted by Crippen LogP contribution is -2.42. The van der Waals surface area contributed by atoms with E-state index in [2.05, 4.69) is 5.32 Å². The third kappa shape index (κ3) is 3.45. The summed E-state index contributed by atoms with van der Waals surface area (Å²) in [5, 5.41) is 3.66. The van der Waals surface area contributed by atoms with Crippen molar-refractivity contribution in [2.45, 2.75) is 25.9 Å². The summed E-state index contributed by atoms with van der Waals surface area (Å²) < 4.78 is 0. The normalized spacial score (nSPS) is 14.2. The zero-order valence-corrected chi connectivity index (χ0v) is 11.5. The summed E-state index contributed by atoms with van der Waals surface area (Å²) in [6.45, 7) is 3.86. The van der Waals surface area contributed by atoms with Crippen LogP contribution in [0.25, 0.3) is 0 Å². The number of amides is 1. The molecule has 0 aromatic heterocycles. The first-order valence-corrected chi connectivity index (χ1v) is 6.04. The Morgan fingerprint density at radius 2 is 1.82 bits per heavy atom. The molecular formula is C13H19ClN2O. The average molecular weight is 255 g/mol. The summed E-state index contributed by atoms with van der Waals surface area (Å²) in [4.78, 5) is 13.7. The van der Waals surface area contributed by atoms with Crippen LogP contribution in [0.4, 0.5) is 0 Å². The van der Waals surface area contributed by atoms with Crippen molar-refractivity contribution in [2.24, 2.45) is 0 Å². The Labute approximate surface area is 108 Å².